The Labute approximate surface area is 101 Å². The summed E-state index contributed by atoms with van der Waals surface area (Å²) < 4.78 is 13.6. The highest BCUT2D eigenvalue weighted by Gasteiger charge is 2.14. The van der Waals surface area contributed by atoms with Crippen molar-refractivity contribution in [1.82, 2.24) is 4.98 Å². The second-order valence-electron chi connectivity index (χ2n) is 3.68. The molecule has 6 heteroatoms. The van der Waals surface area contributed by atoms with Gasteiger partial charge in [0.15, 0.2) is 0 Å². The number of carboxylic acid groups (broad SMARTS) is 1. The number of hydrogen-bond acceptors (Lipinski definition) is 3. The molecule has 0 saturated carbocycles. The van der Waals surface area contributed by atoms with Gasteiger partial charge in [-0.25, -0.2) is 14.2 Å². The van der Waals surface area contributed by atoms with Crippen LogP contribution >= 0.6 is 0 Å². The lowest BCUT2D eigenvalue weighted by atomic mass is 10.1. The molecule has 1 aromatic heterocycles. The molecule has 18 heavy (non-hydrogen) atoms. The van der Waals surface area contributed by atoms with Gasteiger partial charge in [-0.1, -0.05) is 12.1 Å². The number of fused-ring (bicyclic) bond motifs is 1. The van der Waals surface area contributed by atoms with Crippen molar-refractivity contribution in [3.63, 3.8) is 0 Å². The number of pyridine rings is 1. The van der Waals surface area contributed by atoms with E-state index in [1.165, 1.54) is 31.2 Å². The summed E-state index contributed by atoms with van der Waals surface area (Å²) in [4.78, 5) is 25.9. The van der Waals surface area contributed by atoms with E-state index in [-0.39, 0.29) is 22.3 Å². The summed E-state index contributed by atoms with van der Waals surface area (Å²) in [5, 5.41) is 11.6. The molecule has 0 bridgehead atoms. The summed E-state index contributed by atoms with van der Waals surface area (Å²) in [5.74, 6) is -2.24. The Morgan fingerprint density at radius 2 is 2.11 bits per heavy atom. The van der Waals surface area contributed by atoms with Gasteiger partial charge >= 0.3 is 5.97 Å². The molecule has 2 aromatic rings. The van der Waals surface area contributed by atoms with Crippen LogP contribution in [0.1, 0.15) is 17.3 Å². The van der Waals surface area contributed by atoms with E-state index in [1.807, 2.05) is 0 Å². The normalized spacial score (nSPS) is 10.3. The van der Waals surface area contributed by atoms with Crippen molar-refractivity contribution in [1.29, 1.82) is 0 Å². The van der Waals surface area contributed by atoms with Crippen LogP contribution in [0, 0.1) is 5.82 Å². The van der Waals surface area contributed by atoms with Crippen LogP contribution in [0.3, 0.4) is 0 Å². The molecular weight excluding hydrogens is 239 g/mol. The van der Waals surface area contributed by atoms with Gasteiger partial charge in [0, 0.05) is 12.3 Å². The topological polar surface area (TPSA) is 79.3 Å². The molecule has 0 atom stereocenters. The Hall–Kier alpha value is -2.50. The van der Waals surface area contributed by atoms with Crippen molar-refractivity contribution in [2.75, 3.05) is 5.32 Å². The second-order valence-corrected chi connectivity index (χ2v) is 3.68. The minimum atomic E-state index is -1.21. The number of benzene rings is 1. The SMILES string of the molecule is CC(=O)Nc1cc(C(=O)O)c2cccc(F)c2n1. The third kappa shape index (κ3) is 2.13. The molecule has 5 nitrogen and oxygen atoms in total. The first-order chi connectivity index (χ1) is 8.49. The molecule has 0 aliphatic heterocycles. The predicted molar refractivity (Wildman–Crippen MR) is 63.0 cm³/mol. The van der Waals surface area contributed by atoms with Gasteiger partial charge in [0.2, 0.25) is 5.91 Å². The first-order valence-corrected chi connectivity index (χ1v) is 5.09. The van der Waals surface area contributed by atoms with E-state index in [9.17, 15) is 14.0 Å². The van der Waals surface area contributed by atoms with E-state index >= 15 is 0 Å². The van der Waals surface area contributed by atoms with Crippen LogP contribution in [0.2, 0.25) is 0 Å². The van der Waals surface area contributed by atoms with E-state index in [2.05, 4.69) is 10.3 Å². The van der Waals surface area contributed by atoms with Crippen molar-refractivity contribution in [3.8, 4) is 0 Å². The van der Waals surface area contributed by atoms with Crippen LogP contribution in [0.25, 0.3) is 10.9 Å². The number of carbonyl (C=O) groups is 2. The average molecular weight is 248 g/mol. The molecule has 2 rings (SSSR count). The number of hydrogen-bond donors (Lipinski definition) is 2. The zero-order chi connectivity index (χ0) is 13.3. The smallest absolute Gasteiger partial charge is 0.336 e. The number of aromatic nitrogens is 1. The maximum absolute atomic E-state index is 13.6. The van der Waals surface area contributed by atoms with Gasteiger partial charge in [0.1, 0.15) is 17.2 Å². The fourth-order valence-corrected chi connectivity index (χ4v) is 1.63. The second kappa shape index (κ2) is 4.40. The largest absolute Gasteiger partial charge is 0.478 e. The van der Waals surface area contributed by atoms with Crippen molar-refractivity contribution in [2.45, 2.75) is 6.92 Å². The molecule has 0 unspecified atom stereocenters. The number of halogens is 1. The number of para-hydroxylation sites is 1. The number of nitrogens with zero attached hydrogens (tertiary/aromatic N) is 1. The van der Waals surface area contributed by atoms with Crippen LogP contribution in [0.5, 0.6) is 0 Å². The highest BCUT2D eigenvalue weighted by Crippen LogP contribution is 2.23. The maximum Gasteiger partial charge on any atom is 0.336 e. The minimum Gasteiger partial charge on any atom is -0.478 e. The highest BCUT2D eigenvalue weighted by molar-refractivity contribution is 6.04. The average Bonchev–Trinajstić information content (AvgIpc) is 2.28. The first kappa shape index (κ1) is 12.0. The summed E-state index contributed by atoms with van der Waals surface area (Å²) in [5.41, 5.74) is -0.190. The fraction of sp³-hybridized carbons (Fsp3) is 0.0833. The summed E-state index contributed by atoms with van der Waals surface area (Å²) >= 11 is 0. The molecule has 0 saturated heterocycles. The quantitative estimate of drug-likeness (QED) is 0.852. The van der Waals surface area contributed by atoms with Gasteiger partial charge in [0.25, 0.3) is 0 Å². The molecule has 0 spiro atoms. The lowest BCUT2D eigenvalue weighted by molar-refractivity contribution is -0.114. The third-order valence-electron chi connectivity index (χ3n) is 2.32. The van der Waals surface area contributed by atoms with E-state index < -0.39 is 17.7 Å². The molecule has 1 aromatic carbocycles. The van der Waals surface area contributed by atoms with Crippen molar-refractivity contribution in [2.24, 2.45) is 0 Å². The lowest BCUT2D eigenvalue weighted by Gasteiger charge is -2.07. The van der Waals surface area contributed by atoms with E-state index in [4.69, 9.17) is 5.11 Å². The summed E-state index contributed by atoms with van der Waals surface area (Å²) in [7, 11) is 0. The first-order valence-electron chi connectivity index (χ1n) is 5.09. The standard InChI is InChI=1S/C12H9FN2O3/c1-6(16)14-10-5-8(12(17)18)7-3-2-4-9(13)11(7)15-10/h2-5H,1H3,(H,17,18)(H,14,15,16). The zero-order valence-corrected chi connectivity index (χ0v) is 9.40. The Bertz CT molecular complexity index is 655. The Kier molecular flexibility index (Phi) is 2.93. The Morgan fingerprint density at radius 3 is 2.72 bits per heavy atom. The number of aromatic carboxylic acids is 1. The molecule has 1 amide bonds. The van der Waals surface area contributed by atoms with Crippen molar-refractivity contribution in [3.05, 3.63) is 35.6 Å². The molecule has 1 heterocycles. The molecule has 0 aliphatic rings. The molecule has 92 valence electrons. The Morgan fingerprint density at radius 1 is 1.39 bits per heavy atom. The number of anilines is 1. The van der Waals surface area contributed by atoms with E-state index in [1.54, 1.807) is 0 Å². The molecule has 0 aliphatic carbocycles. The number of carboxylic acids is 1. The van der Waals surface area contributed by atoms with Crippen LogP contribution in [0.4, 0.5) is 10.2 Å². The fourth-order valence-electron chi connectivity index (χ4n) is 1.63. The van der Waals surface area contributed by atoms with Gasteiger partial charge in [-0.3, -0.25) is 4.79 Å². The van der Waals surface area contributed by atoms with Gasteiger partial charge in [-0.05, 0) is 12.1 Å². The summed E-state index contributed by atoms with van der Waals surface area (Å²) in [6.45, 7) is 1.26. The predicted octanol–water partition coefficient (Wildman–Crippen LogP) is 2.03. The minimum absolute atomic E-state index is 0.0116. The van der Waals surface area contributed by atoms with Crippen LogP contribution < -0.4 is 5.32 Å². The number of rotatable bonds is 2. The highest BCUT2D eigenvalue weighted by atomic mass is 19.1. The van der Waals surface area contributed by atoms with Gasteiger partial charge < -0.3 is 10.4 Å². The lowest BCUT2D eigenvalue weighted by Crippen LogP contribution is -2.10. The third-order valence-corrected chi connectivity index (χ3v) is 2.32. The molecule has 0 fully saturated rings. The van der Waals surface area contributed by atoms with Gasteiger partial charge in [-0.15, -0.1) is 0 Å². The Balaban J connectivity index is 2.75. The van der Waals surface area contributed by atoms with Gasteiger partial charge in [-0.2, -0.15) is 0 Å². The van der Waals surface area contributed by atoms with E-state index in [0.717, 1.165) is 0 Å². The van der Waals surface area contributed by atoms with Crippen LogP contribution in [-0.2, 0) is 4.79 Å². The summed E-state index contributed by atoms with van der Waals surface area (Å²) in [6.07, 6.45) is 0. The number of nitrogens with one attached hydrogen (secondary N) is 1. The summed E-state index contributed by atoms with van der Waals surface area (Å²) in [6, 6.07) is 5.25. The maximum atomic E-state index is 13.6. The number of carbonyl (C=O) groups excluding carboxylic acids is 1. The monoisotopic (exact) mass is 248 g/mol. The van der Waals surface area contributed by atoms with Crippen molar-refractivity contribution >= 4 is 28.6 Å². The van der Waals surface area contributed by atoms with Crippen molar-refractivity contribution < 1.29 is 19.1 Å². The van der Waals surface area contributed by atoms with Crippen LogP contribution in [-0.4, -0.2) is 22.0 Å². The van der Waals surface area contributed by atoms with Gasteiger partial charge in [0.05, 0.1) is 5.56 Å². The molecule has 0 radical (unpaired) electrons. The molecule has 2 N–H and O–H groups in total. The van der Waals surface area contributed by atoms with E-state index in [0.29, 0.717) is 0 Å². The molecular formula is C12H9FN2O3. The van der Waals surface area contributed by atoms with Crippen LogP contribution in [0.15, 0.2) is 24.3 Å². The zero-order valence-electron chi connectivity index (χ0n) is 9.40. The number of amides is 1.